The molecule has 1 aromatic heterocycles. The van der Waals surface area contributed by atoms with E-state index in [9.17, 15) is 13.2 Å². The fourth-order valence-corrected chi connectivity index (χ4v) is 6.62. The van der Waals surface area contributed by atoms with E-state index in [1.807, 2.05) is 37.3 Å². The van der Waals surface area contributed by atoms with Gasteiger partial charge in [-0.05, 0) is 70.2 Å². The van der Waals surface area contributed by atoms with Crippen molar-refractivity contribution in [3.63, 3.8) is 0 Å². The second-order valence-electron chi connectivity index (χ2n) is 10.2. The first-order valence-corrected chi connectivity index (χ1v) is 14.4. The van der Waals surface area contributed by atoms with E-state index in [1.54, 1.807) is 13.0 Å². The van der Waals surface area contributed by atoms with E-state index in [4.69, 9.17) is 4.52 Å². The topological polar surface area (TPSA) is 95.8 Å². The average molecular weight is 515 g/mol. The van der Waals surface area contributed by atoms with Crippen LogP contribution >= 0.6 is 0 Å². The fraction of sp³-hybridized carbons (Fsp3) is 0.556. The van der Waals surface area contributed by atoms with Crippen molar-refractivity contribution in [1.29, 1.82) is 0 Å². The van der Waals surface area contributed by atoms with E-state index < -0.39 is 10.0 Å². The number of sulfonamides is 1. The standard InChI is InChI=1S/C27H38N4O4S/c1-20-4-6-23(7-5-20)8-9-25-26(22(3)29-35-25)36(33,34)31-17-12-24(13-18-31)27(32)28-14-19-30-15-10-21(2)11-16-30/h4-9,21,24H,10-19H2,1-3H3,(H,28,32)/b9-8+. The zero-order valence-electron chi connectivity index (χ0n) is 21.6. The van der Waals surface area contributed by atoms with Crippen LogP contribution in [0, 0.1) is 25.7 Å². The minimum Gasteiger partial charge on any atom is -0.355 e. The number of carbonyl (C=O) groups is 1. The van der Waals surface area contributed by atoms with Gasteiger partial charge < -0.3 is 14.7 Å². The molecule has 36 heavy (non-hydrogen) atoms. The van der Waals surface area contributed by atoms with Crippen LogP contribution < -0.4 is 5.32 Å². The molecule has 0 spiro atoms. The van der Waals surface area contributed by atoms with Gasteiger partial charge >= 0.3 is 0 Å². The van der Waals surface area contributed by atoms with E-state index in [0.29, 0.717) is 38.2 Å². The molecule has 0 unspecified atom stereocenters. The van der Waals surface area contributed by atoms with Gasteiger partial charge in [0.05, 0.1) is 0 Å². The first kappa shape index (κ1) is 26.6. The molecule has 2 aliphatic heterocycles. The summed E-state index contributed by atoms with van der Waals surface area (Å²) in [6.45, 7) is 10.3. The molecule has 2 aliphatic rings. The summed E-state index contributed by atoms with van der Waals surface area (Å²) < 4.78 is 33.8. The van der Waals surface area contributed by atoms with E-state index >= 15 is 0 Å². The Morgan fingerprint density at radius 3 is 2.39 bits per heavy atom. The summed E-state index contributed by atoms with van der Waals surface area (Å²) in [6, 6.07) is 7.92. The lowest BCUT2D eigenvalue weighted by molar-refractivity contribution is -0.126. The van der Waals surface area contributed by atoms with E-state index in [2.05, 4.69) is 22.3 Å². The first-order valence-electron chi connectivity index (χ1n) is 13.0. The predicted octanol–water partition coefficient (Wildman–Crippen LogP) is 3.71. The van der Waals surface area contributed by atoms with E-state index in [-0.39, 0.29) is 22.5 Å². The summed E-state index contributed by atoms with van der Waals surface area (Å²) in [5.41, 5.74) is 2.44. The van der Waals surface area contributed by atoms with Crippen LogP contribution in [0.4, 0.5) is 0 Å². The number of aromatic nitrogens is 1. The molecule has 4 rings (SSSR count). The number of hydrogen-bond donors (Lipinski definition) is 1. The van der Waals surface area contributed by atoms with Gasteiger partial charge in [-0.3, -0.25) is 4.79 Å². The van der Waals surface area contributed by atoms with Crippen molar-refractivity contribution in [2.45, 2.75) is 51.3 Å². The third kappa shape index (κ3) is 6.44. The largest absolute Gasteiger partial charge is 0.355 e. The van der Waals surface area contributed by atoms with Crippen molar-refractivity contribution < 1.29 is 17.7 Å². The van der Waals surface area contributed by atoms with Crippen molar-refractivity contribution in [3.8, 4) is 0 Å². The van der Waals surface area contributed by atoms with Crippen LogP contribution in [0.3, 0.4) is 0 Å². The summed E-state index contributed by atoms with van der Waals surface area (Å²) in [6.07, 6.45) is 6.92. The molecule has 0 radical (unpaired) electrons. The Morgan fingerprint density at radius 1 is 1.06 bits per heavy atom. The van der Waals surface area contributed by atoms with Crippen LogP contribution in [0.2, 0.25) is 0 Å². The molecule has 2 aromatic rings. The van der Waals surface area contributed by atoms with Gasteiger partial charge in [-0.1, -0.05) is 48.0 Å². The van der Waals surface area contributed by atoms with E-state index in [1.165, 1.54) is 17.1 Å². The van der Waals surface area contributed by atoms with Gasteiger partial charge in [0.25, 0.3) is 0 Å². The molecular weight excluding hydrogens is 476 g/mol. The van der Waals surface area contributed by atoms with Crippen molar-refractivity contribution in [2.75, 3.05) is 39.3 Å². The Morgan fingerprint density at radius 2 is 1.72 bits per heavy atom. The maximum absolute atomic E-state index is 13.5. The zero-order chi connectivity index (χ0) is 25.7. The number of likely N-dealkylation sites (tertiary alicyclic amines) is 1. The van der Waals surface area contributed by atoms with Gasteiger partial charge in [-0.2, -0.15) is 4.31 Å². The second kappa shape index (κ2) is 11.7. The molecule has 0 aliphatic carbocycles. The van der Waals surface area contributed by atoms with Gasteiger partial charge in [0.15, 0.2) is 10.7 Å². The number of benzene rings is 1. The number of aryl methyl sites for hydroxylation is 2. The quantitative estimate of drug-likeness (QED) is 0.577. The number of amides is 1. The summed E-state index contributed by atoms with van der Waals surface area (Å²) in [5, 5.41) is 6.99. The van der Waals surface area contributed by atoms with E-state index in [0.717, 1.165) is 36.7 Å². The highest BCUT2D eigenvalue weighted by Gasteiger charge is 2.35. The highest BCUT2D eigenvalue weighted by Crippen LogP contribution is 2.29. The summed E-state index contributed by atoms with van der Waals surface area (Å²) in [5.74, 6) is 0.877. The summed E-state index contributed by atoms with van der Waals surface area (Å²) in [7, 11) is -3.79. The highest BCUT2D eigenvalue weighted by molar-refractivity contribution is 7.89. The molecule has 1 N–H and O–H groups in total. The third-order valence-corrected chi connectivity index (χ3v) is 9.42. The molecule has 196 valence electrons. The van der Waals surface area contributed by atoms with Crippen LogP contribution in [0.25, 0.3) is 12.2 Å². The van der Waals surface area contributed by atoms with Crippen LogP contribution in [-0.2, 0) is 14.8 Å². The Bertz CT molecular complexity index is 1160. The maximum Gasteiger partial charge on any atom is 0.248 e. The molecule has 0 atom stereocenters. The smallest absolute Gasteiger partial charge is 0.248 e. The van der Waals surface area contributed by atoms with Crippen LogP contribution in [0.15, 0.2) is 33.7 Å². The van der Waals surface area contributed by atoms with Crippen molar-refractivity contribution in [1.82, 2.24) is 19.7 Å². The summed E-state index contributed by atoms with van der Waals surface area (Å²) >= 11 is 0. The molecule has 1 amide bonds. The SMILES string of the molecule is Cc1ccc(/C=C/c2onc(C)c2S(=O)(=O)N2CCC(C(=O)NCCN3CCC(C)CC3)CC2)cc1. The number of nitrogens with zero attached hydrogens (tertiary/aromatic N) is 3. The van der Waals surface area contributed by atoms with Crippen LogP contribution in [-0.4, -0.2) is 68.0 Å². The first-order chi connectivity index (χ1) is 17.2. The van der Waals surface area contributed by atoms with Gasteiger partial charge in [-0.25, -0.2) is 8.42 Å². The second-order valence-corrected chi connectivity index (χ2v) is 12.1. The number of rotatable bonds is 8. The zero-order valence-corrected chi connectivity index (χ0v) is 22.4. The molecule has 8 nitrogen and oxygen atoms in total. The Balaban J connectivity index is 1.32. The number of piperidine rings is 2. The lowest BCUT2D eigenvalue weighted by atomic mass is 9.97. The molecule has 0 saturated carbocycles. The van der Waals surface area contributed by atoms with Crippen LogP contribution in [0.5, 0.6) is 0 Å². The molecular formula is C27H38N4O4S. The Kier molecular flexibility index (Phi) is 8.64. The van der Waals surface area contributed by atoms with Gasteiger partial charge in [-0.15, -0.1) is 0 Å². The molecule has 3 heterocycles. The maximum atomic E-state index is 13.5. The Hall–Kier alpha value is -2.49. The molecule has 9 heteroatoms. The highest BCUT2D eigenvalue weighted by atomic mass is 32.2. The van der Waals surface area contributed by atoms with Crippen molar-refractivity contribution in [2.24, 2.45) is 11.8 Å². The number of carbonyl (C=O) groups excluding carboxylic acids is 1. The number of nitrogens with one attached hydrogen (secondary N) is 1. The van der Waals surface area contributed by atoms with Crippen molar-refractivity contribution in [3.05, 3.63) is 46.8 Å². The average Bonchev–Trinajstić information content (AvgIpc) is 3.26. The molecule has 0 bridgehead atoms. The van der Waals surface area contributed by atoms with Crippen molar-refractivity contribution >= 4 is 28.1 Å². The third-order valence-electron chi connectivity index (χ3n) is 7.36. The fourth-order valence-electron chi connectivity index (χ4n) is 4.90. The van der Waals surface area contributed by atoms with Gasteiger partial charge in [0.2, 0.25) is 15.9 Å². The Labute approximate surface area is 214 Å². The summed E-state index contributed by atoms with van der Waals surface area (Å²) in [4.78, 5) is 15.2. The molecule has 2 fully saturated rings. The predicted molar refractivity (Wildman–Crippen MR) is 141 cm³/mol. The minimum atomic E-state index is -3.79. The minimum absolute atomic E-state index is 0.0281. The normalized spacial score (nSPS) is 19.2. The number of hydrogen-bond acceptors (Lipinski definition) is 6. The lowest BCUT2D eigenvalue weighted by Crippen LogP contribution is -2.45. The molecule has 1 aromatic carbocycles. The van der Waals surface area contributed by atoms with Gasteiger partial charge in [0, 0.05) is 32.1 Å². The molecule has 2 saturated heterocycles. The van der Waals surface area contributed by atoms with Gasteiger partial charge in [0.1, 0.15) is 5.69 Å². The monoisotopic (exact) mass is 514 g/mol. The lowest BCUT2D eigenvalue weighted by Gasteiger charge is -2.31. The van der Waals surface area contributed by atoms with Crippen LogP contribution in [0.1, 0.15) is 55.2 Å².